The second kappa shape index (κ2) is 7.60. The molecular weight excluding hydrogens is 300 g/mol. The van der Waals surface area contributed by atoms with Gasteiger partial charge in [-0.3, -0.25) is 4.79 Å². The molecule has 1 heterocycles. The fraction of sp³-hybridized carbons (Fsp3) is 0.350. The van der Waals surface area contributed by atoms with Gasteiger partial charge in [-0.25, -0.2) is 0 Å². The highest BCUT2D eigenvalue weighted by molar-refractivity contribution is 5.94. The first kappa shape index (κ1) is 16.7. The van der Waals surface area contributed by atoms with E-state index >= 15 is 0 Å². The van der Waals surface area contributed by atoms with Gasteiger partial charge in [0.15, 0.2) is 5.72 Å². The molecule has 24 heavy (non-hydrogen) atoms. The van der Waals surface area contributed by atoms with E-state index in [0.717, 1.165) is 18.5 Å². The normalized spacial score (nSPS) is 20.8. The molecule has 0 saturated carbocycles. The summed E-state index contributed by atoms with van der Waals surface area (Å²) in [6.45, 7) is 4.66. The van der Waals surface area contributed by atoms with Gasteiger partial charge in [-0.2, -0.15) is 0 Å². The lowest BCUT2D eigenvalue weighted by molar-refractivity contribution is -0.154. The average Bonchev–Trinajstić information content (AvgIpc) is 2.67. The van der Waals surface area contributed by atoms with Gasteiger partial charge >= 0.3 is 0 Å². The molecule has 0 aromatic heterocycles. The Balaban J connectivity index is 2.01. The molecule has 1 amide bonds. The van der Waals surface area contributed by atoms with Gasteiger partial charge in [0.1, 0.15) is 0 Å². The van der Waals surface area contributed by atoms with Crippen LogP contribution in [0.4, 0.5) is 0 Å². The van der Waals surface area contributed by atoms with Crippen molar-refractivity contribution in [3.8, 4) is 0 Å². The highest BCUT2D eigenvalue weighted by Crippen LogP contribution is 2.33. The van der Waals surface area contributed by atoms with Crippen LogP contribution in [-0.2, 0) is 10.5 Å². The summed E-state index contributed by atoms with van der Waals surface area (Å²) in [5.74, 6) is 0.0112. The number of hydrogen-bond acceptors (Lipinski definition) is 3. The number of amides is 1. The standard InChI is InChI=1S/C20H24N2O2/c1-2-15-24-20(18-11-7-4-8-12-18)16-21-13-14-22(20)19(23)17-9-5-3-6-10-17/h3-12,21H,2,13-16H2,1H3. The van der Waals surface area contributed by atoms with Crippen LogP contribution in [0.1, 0.15) is 29.3 Å². The van der Waals surface area contributed by atoms with Crippen LogP contribution in [0, 0.1) is 0 Å². The van der Waals surface area contributed by atoms with Crippen molar-refractivity contribution in [3.05, 3.63) is 71.8 Å². The molecule has 1 atom stereocenters. The molecule has 1 aliphatic heterocycles. The van der Waals surface area contributed by atoms with Gasteiger partial charge in [-0.05, 0) is 18.6 Å². The Morgan fingerprint density at radius 1 is 1.12 bits per heavy atom. The number of benzene rings is 2. The van der Waals surface area contributed by atoms with Crippen LogP contribution < -0.4 is 5.32 Å². The maximum Gasteiger partial charge on any atom is 0.256 e. The van der Waals surface area contributed by atoms with Crippen LogP contribution in [0.5, 0.6) is 0 Å². The zero-order chi connectivity index (χ0) is 16.8. The molecule has 1 saturated heterocycles. The molecule has 2 aromatic rings. The molecule has 2 aromatic carbocycles. The highest BCUT2D eigenvalue weighted by Gasteiger charge is 2.44. The first-order valence-electron chi connectivity index (χ1n) is 8.55. The van der Waals surface area contributed by atoms with E-state index in [0.29, 0.717) is 25.3 Å². The summed E-state index contributed by atoms with van der Waals surface area (Å²) in [6, 6.07) is 19.5. The van der Waals surface area contributed by atoms with Gasteiger partial charge in [0.2, 0.25) is 0 Å². The molecule has 0 bridgehead atoms. The minimum atomic E-state index is -0.761. The minimum Gasteiger partial charge on any atom is -0.350 e. The van der Waals surface area contributed by atoms with Crippen LogP contribution in [0.25, 0.3) is 0 Å². The summed E-state index contributed by atoms with van der Waals surface area (Å²) in [5, 5.41) is 3.40. The van der Waals surface area contributed by atoms with Crippen LogP contribution in [0.15, 0.2) is 60.7 Å². The van der Waals surface area contributed by atoms with Gasteiger partial charge in [0.05, 0.1) is 0 Å². The molecule has 4 nitrogen and oxygen atoms in total. The summed E-state index contributed by atoms with van der Waals surface area (Å²) >= 11 is 0. The molecule has 126 valence electrons. The largest absolute Gasteiger partial charge is 0.350 e. The Kier molecular flexibility index (Phi) is 5.28. The summed E-state index contributed by atoms with van der Waals surface area (Å²) in [4.78, 5) is 15.0. The van der Waals surface area contributed by atoms with E-state index in [-0.39, 0.29) is 5.91 Å². The Morgan fingerprint density at radius 3 is 2.46 bits per heavy atom. The Hall–Kier alpha value is -2.17. The van der Waals surface area contributed by atoms with Crippen molar-refractivity contribution in [2.45, 2.75) is 19.1 Å². The molecular formula is C20H24N2O2. The van der Waals surface area contributed by atoms with E-state index in [1.165, 1.54) is 0 Å². The van der Waals surface area contributed by atoms with Crippen LogP contribution >= 0.6 is 0 Å². The van der Waals surface area contributed by atoms with Gasteiger partial charge in [0.25, 0.3) is 5.91 Å². The van der Waals surface area contributed by atoms with Crippen molar-refractivity contribution in [3.63, 3.8) is 0 Å². The lowest BCUT2D eigenvalue weighted by Gasteiger charge is -2.47. The lowest BCUT2D eigenvalue weighted by Crippen LogP contribution is -2.62. The number of ether oxygens (including phenoxy) is 1. The fourth-order valence-electron chi connectivity index (χ4n) is 3.17. The van der Waals surface area contributed by atoms with Gasteiger partial charge in [-0.1, -0.05) is 55.5 Å². The zero-order valence-electron chi connectivity index (χ0n) is 14.1. The summed E-state index contributed by atoms with van der Waals surface area (Å²) < 4.78 is 6.30. The van der Waals surface area contributed by atoms with Crippen molar-refractivity contribution in [2.24, 2.45) is 0 Å². The summed E-state index contributed by atoms with van der Waals surface area (Å²) in [5.41, 5.74) is 0.942. The van der Waals surface area contributed by atoms with Gasteiger partial charge in [-0.15, -0.1) is 0 Å². The minimum absolute atomic E-state index is 0.0112. The predicted octanol–water partition coefficient (Wildman–Crippen LogP) is 3.01. The number of rotatable bonds is 5. The van der Waals surface area contributed by atoms with Crippen molar-refractivity contribution in [2.75, 3.05) is 26.2 Å². The Morgan fingerprint density at radius 2 is 1.79 bits per heavy atom. The summed E-state index contributed by atoms with van der Waals surface area (Å²) in [6.07, 6.45) is 0.905. The Bertz CT molecular complexity index is 660. The van der Waals surface area contributed by atoms with E-state index in [1.54, 1.807) is 0 Å². The zero-order valence-corrected chi connectivity index (χ0v) is 14.1. The van der Waals surface area contributed by atoms with E-state index in [1.807, 2.05) is 65.6 Å². The number of nitrogens with zero attached hydrogens (tertiary/aromatic N) is 1. The second-order valence-electron chi connectivity index (χ2n) is 6.00. The van der Waals surface area contributed by atoms with Crippen molar-refractivity contribution >= 4 is 5.91 Å². The van der Waals surface area contributed by atoms with Crippen molar-refractivity contribution in [1.82, 2.24) is 10.2 Å². The summed E-state index contributed by atoms with van der Waals surface area (Å²) in [7, 11) is 0. The molecule has 1 N–H and O–H groups in total. The first-order valence-corrected chi connectivity index (χ1v) is 8.55. The molecule has 4 heteroatoms. The highest BCUT2D eigenvalue weighted by atomic mass is 16.5. The molecule has 3 rings (SSSR count). The number of nitrogens with one attached hydrogen (secondary N) is 1. The van der Waals surface area contributed by atoms with Crippen molar-refractivity contribution in [1.29, 1.82) is 0 Å². The van der Waals surface area contributed by atoms with E-state index < -0.39 is 5.72 Å². The SMILES string of the molecule is CCCOC1(c2ccccc2)CNCCN1C(=O)c1ccccc1. The fourth-order valence-corrected chi connectivity index (χ4v) is 3.17. The molecule has 0 radical (unpaired) electrons. The molecule has 1 fully saturated rings. The first-order chi connectivity index (χ1) is 11.8. The van der Waals surface area contributed by atoms with Crippen LogP contribution in [-0.4, -0.2) is 37.0 Å². The second-order valence-corrected chi connectivity index (χ2v) is 6.00. The number of carbonyl (C=O) groups is 1. The van der Waals surface area contributed by atoms with E-state index in [9.17, 15) is 4.79 Å². The topological polar surface area (TPSA) is 41.6 Å². The molecule has 0 aliphatic carbocycles. The molecule has 1 unspecified atom stereocenters. The Labute approximate surface area is 143 Å². The van der Waals surface area contributed by atoms with Crippen LogP contribution in [0.3, 0.4) is 0 Å². The molecule has 1 aliphatic rings. The molecule has 0 spiro atoms. The van der Waals surface area contributed by atoms with E-state index in [2.05, 4.69) is 12.2 Å². The number of piperazine rings is 1. The quantitative estimate of drug-likeness (QED) is 0.919. The van der Waals surface area contributed by atoms with E-state index in [4.69, 9.17) is 4.74 Å². The average molecular weight is 324 g/mol. The lowest BCUT2D eigenvalue weighted by atomic mass is 9.97. The monoisotopic (exact) mass is 324 g/mol. The number of hydrogen-bond donors (Lipinski definition) is 1. The van der Waals surface area contributed by atoms with Crippen LogP contribution in [0.2, 0.25) is 0 Å². The third-order valence-electron chi connectivity index (χ3n) is 4.35. The maximum atomic E-state index is 13.2. The smallest absolute Gasteiger partial charge is 0.256 e. The predicted molar refractivity (Wildman–Crippen MR) is 94.7 cm³/mol. The number of carbonyl (C=O) groups excluding carboxylic acids is 1. The van der Waals surface area contributed by atoms with Gasteiger partial charge < -0.3 is 15.0 Å². The van der Waals surface area contributed by atoms with Crippen molar-refractivity contribution < 1.29 is 9.53 Å². The third kappa shape index (κ3) is 3.21. The third-order valence-corrected chi connectivity index (χ3v) is 4.35. The van der Waals surface area contributed by atoms with Gasteiger partial charge in [0, 0.05) is 37.4 Å². The maximum absolute atomic E-state index is 13.2.